The summed E-state index contributed by atoms with van der Waals surface area (Å²) in [7, 11) is 0. The van der Waals surface area contributed by atoms with Crippen LogP contribution >= 0.6 is 11.3 Å². The normalized spacial score (nSPS) is 16.8. The van der Waals surface area contributed by atoms with Crippen molar-refractivity contribution in [2.45, 2.75) is 31.6 Å². The molecule has 3 aromatic heterocycles. The summed E-state index contributed by atoms with van der Waals surface area (Å²) in [5.41, 5.74) is 15.5. The number of benzene rings is 7. The van der Waals surface area contributed by atoms with Crippen molar-refractivity contribution in [3.8, 4) is 62.1 Å². The van der Waals surface area contributed by atoms with Gasteiger partial charge in [-0.05, 0) is 99.5 Å². The first-order chi connectivity index (χ1) is 29.5. The van der Waals surface area contributed by atoms with Gasteiger partial charge in [-0.15, -0.1) is 11.3 Å². The molecule has 284 valence electrons. The Morgan fingerprint density at radius 3 is 2.00 bits per heavy atom. The molecule has 1 fully saturated rings. The standard InChI is InChI=1S/C55H38N4S/c1-55(2)44-19-11-9-17-38(44)41-30-42-39-18-10-12-20-46(39)59(48(42)31-45(41)55)47-29-36(54-57-52(32-13-5-3-6-14-32)56-53(58-54)33-15-7-4-8-16-33)21-24-37(47)34-22-25-49-43(28-34)51-40-27-35(40)23-26-50(51)60-49/h3-26,28-31,35,40H,27H2,1-2H3. The number of nitrogens with zero attached hydrogens (tertiary/aromatic N) is 4. The van der Waals surface area contributed by atoms with Crippen LogP contribution in [-0.2, 0) is 5.41 Å². The maximum atomic E-state index is 5.20. The van der Waals surface area contributed by atoms with E-state index < -0.39 is 0 Å². The molecular weight excluding hydrogens is 749 g/mol. The number of hydrogen-bond acceptors (Lipinski definition) is 4. The predicted molar refractivity (Wildman–Crippen MR) is 249 cm³/mol. The maximum absolute atomic E-state index is 5.20. The number of allylic oxidation sites excluding steroid dienone is 1. The van der Waals surface area contributed by atoms with E-state index >= 15 is 0 Å². The van der Waals surface area contributed by atoms with Crippen molar-refractivity contribution in [2.24, 2.45) is 5.92 Å². The van der Waals surface area contributed by atoms with Gasteiger partial charge in [0.1, 0.15) is 0 Å². The van der Waals surface area contributed by atoms with Crippen molar-refractivity contribution in [2.75, 3.05) is 0 Å². The van der Waals surface area contributed by atoms with Gasteiger partial charge in [0.25, 0.3) is 0 Å². The third-order valence-corrected chi connectivity index (χ3v) is 14.5. The summed E-state index contributed by atoms with van der Waals surface area (Å²) < 4.78 is 3.87. The molecule has 0 spiro atoms. The topological polar surface area (TPSA) is 43.6 Å². The summed E-state index contributed by atoms with van der Waals surface area (Å²) in [6.07, 6.45) is 6.05. The molecule has 60 heavy (non-hydrogen) atoms. The minimum atomic E-state index is -0.142. The van der Waals surface area contributed by atoms with Crippen molar-refractivity contribution in [1.29, 1.82) is 0 Å². The highest BCUT2D eigenvalue weighted by Crippen LogP contribution is 2.57. The number of aromatic nitrogens is 4. The Bertz CT molecular complexity index is 3390. The van der Waals surface area contributed by atoms with E-state index in [9.17, 15) is 0 Å². The van der Waals surface area contributed by atoms with Gasteiger partial charge in [-0.2, -0.15) is 0 Å². The summed E-state index contributed by atoms with van der Waals surface area (Å²) in [6.45, 7) is 4.74. The highest BCUT2D eigenvalue weighted by molar-refractivity contribution is 7.20. The van der Waals surface area contributed by atoms with Crippen LogP contribution in [0.15, 0.2) is 164 Å². The van der Waals surface area contributed by atoms with Gasteiger partial charge in [-0.25, -0.2) is 15.0 Å². The molecule has 0 amide bonds. The molecule has 0 saturated heterocycles. The number of fused-ring (bicyclic) bond motifs is 11. The van der Waals surface area contributed by atoms with Crippen LogP contribution in [0.25, 0.3) is 100 Å². The van der Waals surface area contributed by atoms with E-state index in [0.29, 0.717) is 29.3 Å². The molecule has 3 heterocycles. The van der Waals surface area contributed by atoms with Gasteiger partial charge in [0, 0.05) is 48.0 Å². The summed E-state index contributed by atoms with van der Waals surface area (Å²) in [5, 5.41) is 3.89. The average molecular weight is 787 g/mol. The van der Waals surface area contributed by atoms with Crippen molar-refractivity contribution in [1.82, 2.24) is 19.5 Å². The second kappa shape index (κ2) is 12.5. The van der Waals surface area contributed by atoms with Gasteiger partial charge in [-0.1, -0.05) is 141 Å². The number of para-hydroxylation sites is 1. The number of rotatable bonds is 5. The van der Waals surface area contributed by atoms with E-state index in [2.05, 4.69) is 152 Å². The summed E-state index contributed by atoms with van der Waals surface area (Å²) >= 11 is 1.93. The smallest absolute Gasteiger partial charge is 0.164 e. The fourth-order valence-electron chi connectivity index (χ4n) is 10.2. The summed E-state index contributed by atoms with van der Waals surface area (Å²) in [6, 6.07) is 57.2. The lowest BCUT2D eigenvalue weighted by molar-refractivity contribution is 0.661. The molecule has 7 aromatic carbocycles. The number of hydrogen-bond donors (Lipinski definition) is 0. The van der Waals surface area contributed by atoms with E-state index in [4.69, 9.17) is 15.0 Å². The van der Waals surface area contributed by atoms with E-state index in [1.807, 2.05) is 47.7 Å². The summed E-state index contributed by atoms with van der Waals surface area (Å²) in [5.74, 6) is 3.27. The second-order valence-electron chi connectivity index (χ2n) is 17.2. The molecule has 0 bridgehead atoms. The second-order valence-corrected chi connectivity index (χ2v) is 18.2. The molecule has 13 rings (SSSR count). The Kier molecular flexibility index (Phi) is 7.09. The maximum Gasteiger partial charge on any atom is 0.164 e. The molecule has 10 aromatic rings. The lowest BCUT2D eigenvalue weighted by atomic mass is 9.82. The van der Waals surface area contributed by atoms with Crippen LogP contribution in [-0.4, -0.2) is 19.5 Å². The lowest BCUT2D eigenvalue weighted by Crippen LogP contribution is -2.15. The molecule has 0 radical (unpaired) electrons. The number of thiophene rings is 1. The van der Waals surface area contributed by atoms with Crippen LogP contribution < -0.4 is 0 Å². The van der Waals surface area contributed by atoms with Gasteiger partial charge in [0.15, 0.2) is 17.5 Å². The van der Waals surface area contributed by atoms with E-state index in [1.54, 1.807) is 5.56 Å². The van der Waals surface area contributed by atoms with Crippen molar-refractivity contribution < 1.29 is 0 Å². The molecule has 0 N–H and O–H groups in total. The minimum Gasteiger partial charge on any atom is -0.309 e. The zero-order chi connectivity index (χ0) is 39.7. The molecule has 1 saturated carbocycles. The SMILES string of the molecule is CC1(C)c2ccccc2-c2cc3c4ccccc4n(-c4cc(-c5nc(-c6ccccc6)nc(-c6ccccc6)n5)ccc4-c4ccc5sc6c(c5c4)C4CC4C=C6)c3cc21. The Balaban J connectivity index is 1.09. The van der Waals surface area contributed by atoms with Crippen LogP contribution in [0.3, 0.4) is 0 Å². The quantitative estimate of drug-likeness (QED) is 0.174. The zero-order valence-corrected chi connectivity index (χ0v) is 34.0. The van der Waals surface area contributed by atoms with E-state index in [-0.39, 0.29) is 5.41 Å². The van der Waals surface area contributed by atoms with Crippen LogP contribution in [0.5, 0.6) is 0 Å². The Hall–Kier alpha value is -6.95. The highest BCUT2D eigenvalue weighted by Gasteiger charge is 2.41. The van der Waals surface area contributed by atoms with Gasteiger partial charge in [0.05, 0.1) is 16.7 Å². The Morgan fingerprint density at radius 2 is 1.22 bits per heavy atom. The fraction of sp³-hybridized carbons (Fsp3) is 0.109. The first-order valence-corrected chi connectivity index (χ1v) is 21.7. The third kappa shape index (κ3) is 4.99. The molecule has 0 aliphatic heterocycles. The molecule has 4 nitrogen and oxygen atoms in total. The van der Waals surface area contributed by atoms with Crippen LogP contribution in [0.4, 0.5) is 0 Å². The predicted octanol–water partition coefficient (Wildman–Crippen LogP) is 14.3. The third-order valence-electron chi connectivity index (χ3n) is 13.3. The largest absolute Gasteiger partial charge is 0.309 e. The molecular formula is C55H38N4S. The monoisotopic (exact) mass is 786 g/mol. The highest BCUT2D eigenvalue weighted by atomic mass is 32.1. The Morgan fingerprint density at radius 1 is 0.533 bits per heavy atom. The van der Waals surface area contributed by atoms with Crippen molar-refractivity contribution in [3.63, 3.8) is 0 Å². The lowest BCUT2D eigenvalue weighted by Gasteiger charge is -2.22. The van der Waals surface area contributed by atoms with Crippen molar-refractivity contribution in [3.05, 3.63) is 185 Å². The van der Waals surface area contributed by atoms with Gasteiger partial charge in [-0.3, -0.25) is 0 Å². The van der Waals surface area contributed by atoms with Gasteiger partial charge >= 0.3 is 0 Å². The first kappa shape index (κ1) is 34.0. The molecule has 3 aliphatic carbocycles. The molecule has 5 heteroatoms. The minimum absolute atomic E-state index is 0.142. The molecule has 2 unspecified atom stereocenters. The van der Waals surface area contributed by atoms with Gasteiger partial charge < -0.3 is 4.57 Å². The van der Waals surface area contributed by atoms with Crippen LogP contribution in [0, 0.1) is 5.92 Å². The van der Waals surface area contributed by atoms with Crippen molar-refractivity contribution >= 4 is 49.3 Å². The van der Waals surface area contributed by atoms with E-state index in [1.165, 1.54) is 76.6 Å². The Labute approximate surface area is 352 Å². The average Bonchev–Trinajstić information content (AvgIpc) is 3.82. The first-order valence-electron chi connectivity index (χ1n) is 20.9. The fourth-order valence-corrected chi connectivity index (χ4v) is 11.4. The van der Waals surface area contributed by atoms with Gasteiger partial charge in [0.2, 0.25) is 0 Å². The molecule has 3 aliphatic rings. The zero-order valence-electron chi connectivity index (χ0n) is 33.2. The molecule has 2 atom stereocenters. The van der Waals surface area contributed by atoms with Crippen LogP contribution in [0.1, 0.15) is 47.8 Å². The van der Waals surface area contributed by atoms with Crippen LogP contribution in [0.2, 0.25) is 0 Å². The summed E-state index contributed by atoms with van der Waals surface area (Å²) in [4.78, 5) is 16.8. The van der Waals surface area contributed by atoms with E-state index in [0.717, 1.165) is 22.4 Å².